The van der Waals surface area contributed by atoms with Gasteiger partial charge in [-0.05, 0) is 18.8 Å². The van der Waals surface area contributed by atoms with E-state index in [0.717, 1.165) is 25.7 Å². The molecule has 0 aromatic rings. The van der Waals surface area contributed by atoms with E-state index in [1.54, 1.807) is 0 Å². The Morgan fingerprint density at radius 1 is 1.27 bits per heavy atom. The van der Waals surface area contributed by atoms with Crippen LogP contribution in [0.25, 0.3) is 0 Å². The molecule has 0 radical (unpaired) electrons. The van der Waals surface area contributed by atoms with Crippen LogP contribution in [0.3, 0.4) is 0 Å². The molecule has 2 nitrogen and oxygen atoms in total. The molecule has 1 rings (SSSR count). The molecule has 1 saturated carbocycles. The Morgan fingerprint density at radius 2 is 1.82 bits per heavy atom. The minimum atomic E-state index is -2.57. The lowest BCUT2D eigenvalue weighted by Gasteiger charge is -2.13. The van der Waals surface area contributed by atoms with Crippen LogP contribution in [0.15, 0.2) is 5.18 Å². The van der Waals surface area contributed by atoms with Gasteiger partial charge < -0.3 is 0 Å². The van der Waals surface area contributed by atoms with Gasteiger partial charge in [0, 0.05) is 0 Å². The van der Waals surface area contributed by atoms with Gasteiger partial charge in [-0.1, -0.05) is 18.0 Å². The Morgan fingerprint density at radius 3 is 2.18 bits per heavy atom. The molecule has 64 valence electrons. The topological polar surface area (TPSA) is 29.4 Å². The first-order chi connectivity index (χ1) is 5.25. The second-order valence-corrected chi connectivity index (χ2v) is 2.97. The predicted molar refractivity (Wildman–Crippen MR) is 37.5 cm³/mol. The SMILES string of the molecule is O=NC(C(F)F)C1CCCC1. The fraction of sp³-hybridized carbons (Fsp3) is 1.00. The molecule has 1 fully saturated rings. The molecule has 1 atom stereocenters. The molecule has 1 unspecified atom stereocenters. The van der Waals surface area contributed by atoms with Crippen LogP contribution in [-0.4, -0.2) is 12.5 Å². The first-order valence-corrected chi connectivity index (χ1v) is 3.86. The molecular formula is C7H11F2NO. The van der Waals surface area contributed by atoms with E-state index >= 15 is 0 Å². The molecule has 1 aliphatic carbocycles. The molecule has 0 spiro atoms. The van der Waals surface area contributed by atoms with E-state index in [2.05, 4.69) is 5.18 Å². The van der Waals surface area contributed by atoms with Gasteiger partial charge in [0.15, 0.2) is 6.04 Å². The summed E-state index contributed by atoms with van der Waals surface area (Å²) in [5.41, 5.74) is 0. The zero-order valence-corrected chi connectivity index (χ0v) is 6.17. The van der Waals surface area contributed by atoms with E-state index < -0.39 is 12.5 Å². The number of alkyl halides is 2. The average molecular weight is 163 g/mol. The first-order valence-electron chi connectivity index (χ1n) is 3.86. The summed E-state index contributed by atoms with van der Waals surface area (Å²) in [5.74, 6) is -0.160. The first kappa shape index (κ1) is 8.56. The molecule has 4 heteroatoms. The minimum absolute atomic E-state index is 0.160. The third-order valence-electron chi connectivity index (χ3n) is 2.26. The van der Waals surface area contributed by atoms with Crippen LogP contribution in [-0.2, 0) is 0 Å². The largest absolute Gasteiger partial charge is 0.264 e. The van der Waals surface area contributed by atoms with Crippen molar-refractivity contribution in [2.45, 2.75) is 38.2 Å². The van der Waals surface area contributed by atoms with Crippen molar-refractivity contribution >= 4 is 0 Å². The Hall–Kier alpha value is -0.540. The fourth-order valence-corrected chi connectivity index (χ4v) is 1.64. The van der Waals surface area contributed by atoms with E-state index in [1.807, 2.05) is 0 Å². The van der Waals surface area contributed by atoms with Crippen molar-refractivity contribution in [1.82, 2.24) is 0 Å². The molecular weight excluding hydrogens is 152 g/mol. The highest BCUT2D eigenvalue weighted by Crippen LogP contribution is 2.31. The highest BCUT2D eigenvalue weighted by Gasteiger charge is 2.32. The van der Waals surface area contributed by atoms with E-state index in [4.69, 9.17) is 0 Å². The Labute approximate surface area is 63.9 Å². The highest BCUT2D eigenvalue weighted by molar-refractivity contribution is 4.81. The van der Waals surface area contributed by atoms with Crippen LogP contribution in [0.4, 0.5) is 8.78 Å². The normalized spacial score (nSPS) is 22.5. The number of nitroso groups, excluding NO2 is 1. The second kappa shape index (κ2) is 3.74. The highest BCUT2D eigenvalue weighted by atomic mass is 19.3. The van der Waals surface area contributed by atoms with E-state index in [-0.39, 0.29) is 5.92 Å². The van der Waals surface area contributed by atoms with Crippen molar-refractivity contribution in [2.24, 2.45) is 11.1 Å². The molecule has 0 amide bonds. The summed E-state index contributed by atoms with van der Waals surface area (Å²) < 4.78 is 24.1. The van der Waals surface area contributed by atoms with Gasteiger partial charge in [0.05, 0.1) is 0 Å². The number of halogens is 2. The van der Waals surface area contributed by atoms with Crippen LogP contribution < -0.4 is 0 Å². The van der Waals surface area contributed by atoms with Gasteiger partial charge in [0.25, 0.3) is 6.43 Å². The summed E-state index contributed by atoms with van der Waals surface area (Å²) in [5, 5.41) is 2.47. The van der Waals surface area contributed by atoms with Gasteiger partial charge in [-0.15, -0.1) is 0 Å². The molecule has 0 aromatic heterocycles. The lowest BCUT2D eigenvalue weighted by molar-refractivity contribution is 0.0901. The van der Waals surface area contributed by atoms with Crippen LogP contribution >= 0.6 is 0 Å². The third-order valence-corrected chi connectivity index (χ3v) is 2.26. The average Bonchev–Trinajstić information content (AvgIpc) is 2.40. The maximum Gasteiger partial charge on any atom is 0.264 e. The van der Waals surface area contributed by atoms with Crippen molar-refractivity contribution in [3.8, 4) is 0 Å². The van der Waals surface area contributed by atoms with Crippen LogP contribution in [0.2, 0.25) is 0 Å². The fourth-order valence-electron chi connectivity index (χ4n) is 1.64. The van der Waals surface area contributed by atoms with E-state index in [9.17, 15) is 13.7 Å². The molecule has 0 N–H and O–H groups in total. The zero-order valence-electron chi connectivity index (χ0n) is 6.17. The van der Waals surface area contributed by atoms with Crippen molar-refractivity contribution < 1.29 is 8.78 Å². The summed E-state index contributed by atoms with van der Waals surface area (Å²) in [6, 6.07) is -1.25. The predicted octanol–water partition coefficient (Wildman–Crippen LogP) is 2.58. The monoisotopic (exact) mass is 163 g/mol. The van der Waals surface area contributed by atoms with Gasteiger partial charge >= 0.3 is 0 Å². The van der Waals surface area contributed by atoms with Gasteiger partial charge in [-0.25, -0.2) is 8.78 Å². The van der Waals surface area contributed by atoms with Crippen LogP contribution in [0.5, 0.6) is 0 Å². The molecule has 0 aliphatic heterocycles. The molecule has 1 aliphatic rings. The standard InChI is InChI=1S/C7H11F2NO/c8-7(9)6(10-11)5-3-1-2-4-5/h5-7H,1-4H2. The Bertz CT molecular complexity index is 134. The Balaban J connectivity index is 2.46. The van der Waals surface area contributed by atoms with Crippen molar-refractivity contribution in [1.29, 1.82) is 0 Å². The number of hydrogen-bond donors (Lipinski definition) is 0. The summed E-state index contributed by atoms with van der Waals surface area (Å²) in [7, 11) is 0. The zero-order chi connectivity index (χ0) is 8.27. The maximum absolute atomic E-state index is 12.1. The summed E-state index contributed by atoms with van der Waals surface area (Å²) in [4.78, 5) is 10.0. The second-order valence-electron chi connectivity index (χ2n) is 2.97. The molecule has 0 bridgehead atoms. The van der Waals surface area contributed by atoms with Gasteiger partial charge in [-0.2, -0.15) is 4.91 Å². The van der Waals surface area contributed by atoms with Gasteiger partial charge in [-0.3, -0.25) is 0 Å². The number of rotatable bonds is 3. The lowest BCUT2D eigenvalue weighted by atomic mass is 10.00. The minimum Gasteiger partial charge on any atom is -0.208 e. The van der Waals surface area contributed by atoms with E-state index in [1.165, 1.54) is 0 Å². The third kappa shape index (κ3) is 1.94. The van der Waals surface area contributed by atoms with Crippen molar-refractivity contribution in [2.75, 3.05) is 0 Å². The summed E-state index contributed by atoms with van der Waals surface area (Å²) in [6.07, 6.45) is 0.824. The van der Waals surface area contributed by atoms with Crippen molar-refractivity contribution in [3.63, 3.8) is 0 Å². The molecule has 0 saturated heterocycles. The Kier molecular flexibility index (Phi) is 2.91. The molecule has 0 aromatic carbocycles. The van der Waals surface area contributed by atoms with Crippen molar-refractivity contribution in [3.05, 3.63) is 4.91 Å². The van der Waals surface area contributed by atoms with Crippen LogP contribution in [0, 0.1) is 10.8 Å². The molecule has 11 heavy (non-hydrogen) atoms. The van der Waals surface area contributed by atoms with E-state index in [0.29, 0.717) is 0 Å². The molecule has 0 heterocycles. The smallest absolute Gasteiger partial charge is 0.208 e. The lowest BCUT2D eigenvalue weighted by Crippen LogP contribution is -2.23. The maximum atomic E-state index is 12.1. The van der Waals surface area contributed by atoms with Gasteiger partial charge in [0.1, 0.15) is 0 Å². The van der Waals surface area contributed by atoms with Gasteiger partial charge in [0.2, 0.25) is 0 Å². The van der Waals surface area contributed by atoms with Crippen LogP contribution in [0.1, 0.15) is 25.7 Å². The quantitative estimate of drug-likeness (QED) is 0.588. The number of hydrogen-bond acceptors (Lipinski definition) is 2. The summed E-state index contributed by atoms with van der Waals surface area (Å²) >= 11 is 0. The number of nitrogens with zero attached hydrogens (tertiary/aromatic N) is 1. The summed E-state index contributed by atoms with van der Waals surface area (Å²) in [6.45, 7) is 0.